The summed E-state index contributed by atoms with van der Waals surface area (Å²) < 4.78 is 6.06. The Balaban J connectivity index is 1.42. The molecule has 0 fully saturated rings. The number of anilines is 2. The number of carbonyl (C=O) groups is 1. The van der Waals surface area contributed by atoms with Gasteiger partial charge in [0, 0.05) is 30.7 Å². The number of carbonyl (C=O) groups excluding carboxylic acids is 1. The molecule has 3 rings (SSSR count). The van der Waals surface area contributed by atoms with Crippen LogP contribution < -0.4 is 10.6 Å². The maximum absolute atomic E-state index is 12.3. The molecule has 10 heteroatoms. The summed E-state index contributed by atoms with van der Waals surface area (Å²) in [6.45, 7) is 6.36. The molecular formula is C20H25N5O2S3. The van der Waals surface area contributed by atoms with Gasteiger partial charge in [-0.15, -0.1) is 21.5 Å². The molecule has 1 aromatic carbocycles. The first-order valence-electron chi connectivity index (χ1n) is 9.80. The van der Waals surface area contributed by atoms with Crippen molar-refractivity contribution in [3.8, 4) is 11.3 Å². The van der Waals surface area contributed by atoms with E-state index in [2.05, 4.69) is 57.0 Å². The van der Waals surface area contributed by atoms with E-state index in [-0.39, 0.29) is 11.7 Å². The molecule has 2 aromatic heterocycles. The van der Waals surface area contributed by atoms with Gasteiger partial charge >= 0.3 is 0 Å². The Morgan fingerprint density at radius 1 is 1.17 bits per heavy atom. The van der Waals surface area contributed by atoms with Gasteiger partial charge in [-0.05, 0) is 25.3 Å². The Morgan fingerprint density at radius 2 is 2.00 bits per heavy atom. The number of nitrogens with one attached hydrogen (secondary N) is 2. The van der Waals surface area contributed by atoms with Crippen LogP contribution in [0.25, 0.3) is 11.3 Å². The first-order chi connectivity index (χ1) is 14.7. The molecule has 30 heavy (non-hydrogen) atoms. The number of aryl methyl sites for hydroxylation is 1. The van der Waals surface area contributed by atoms with Crippen LogP contribution in [0.3, 0.4) is 0 Å². The second kappa shape index (κ2) is 12.0. The van der Waals surface area contributed by atoms with Crippen molar-refractivity contribution < 1.29 is 9.53 Å². The van der Waals surface area contributed by atoms with Crippen LogP contribution in [0.4, 0.5) is 10.3 Å². The van der Waals surface area contributed by atoms with E-state index in [0.717, 1.165) is 53.3 Å². The minimum absolute atomic E-state index is 0.108. The van der Waals surface area contributed by atoms with E-state index in [1.54, 1.807) is 0 Å². The van der Waals surface area contributed by atoms with Crippen molar-refractivity contribution in [2.45, 2.75) is 31.0 Å². The molecule has 0 unspecified atom stereocenters. The normalized spacial score (nSPS) is 10.9. The molecular weight excluding hydrogens is 438 g/mol. The molecule has 0 atom stereocenters. The van der Waals surface area contributed by atoms with Crippen LogP contribution in [-0.2, 0) is 16.0 Å². The Kier molecular flexibility index (Phi) is 9.06. The van der Waals surface area contributed by atoms with Gasteiger partial charge in [0.1, 0.15) is 0 Å². The van der Waals surface area contributed by atoms with Crippen molar-refractivity contribution in [1.29, 1.82) is 0 Å². The van der Waals surface area contributed by atoms with Crippen molar-refractivity contribution in [2.75, 3.05) is 36.1 Å². The third kappa shape index (κ3) is 7.05. The first kappa shape index (κ1) is 22.7. The Morgan fingerprint density at radius 3 is 2.77 bits per heavy atom. The third-order valence-electron chi connectivity index (χ3n) is 4.09. The van der Waals surface area contributed by atoms with Gasteiger partial charge in [0.05, 0.1) is 11.4 Å². The smallest absolute Gasteiger partial charge is 0.236 e. The molecule has 3 aromatic rings. The lowest BCUT2D eigenvalue weighted by Gasteiger charge is -2.01. The van der Waals surface area contributed by atoms with E-state index in [0.29, 0.717) is 5.13 Å². The Labute approximate surface area is 188 Å². The molecule has 7 nitrogen and oxygen atoms in total. The molecule has 1 amide bonds. The van der Waals surface area contributed by atoms with Gasteiger partial charge in [-0.25, -0.2) is 4.98 Å². The second-order valence-electron chi connectivity index (χ2n) is 6.28. The predicted molar refractivity (Wildman–Crippen MR) is 126 cm³/mol. The highest BCUT2D eigenvalue weighted by atomic mass is 32.2. The summed E-state index contributed by atoms with van der Waals surface area (Å²) in [5.74, 6) is 0.155. The number of amides is 1. The van der Waals surface area contributed by atoms with Crippen molar-refractivity contribution in [3.05, 3.63) is 35.2 Å². The van der Waals surface area contributed by atoms with Crippen LogP contribution in [0.5, 0.6) is 0 Å². The van der Waals surface area contributed by atoms with Gasteiger partial charge in [-0.3, -0.25) is 4.79 Å². The number of nitrogens with zero attached hydrogens (tertiary/aromatic N) is 3. The molecule has 0 aliphatic carbocycles. The van der Waals surface area contributed by atoms with E-state index in [1.165, 1.54) is 40.0 Å². The maximum Gasteiger partial charge on any atom is 0.236 e. The van der Waals surface area contributed by atoms with Crippen LogP contribution in [0.15, 0.2) is 34.0 Å². The molecule has 2 heterocycles. The molecule has 0 aliphatic rings. The highest BCUT2D eigenvalue weighted by Gasteiger charge is 2.11. The Bertz CT molecular complexity index is 927. The zero-order valence-electron chi connectivity index (χ0n) is 17.0. The monoisotopic (exact) mass is 463 g/mol. The summed E-state index contributed by atoms with van der Waals surface area (Å²) in [7, 11) is 0. The van der Waals surface area contributed by atoms with E-state index < -0.39 is 0 Å². The van der Waals surface area contributed by atoms with Crippen LogP contribution >= 0.6 is 34.4 Å². The zero-order chi connectivity index (χ0) is 21.2. The Hall–Kier alpha value is -2.01. The summed E-state index contributed by atoms with van der Waals surface area (Å²) >= 11 is 4.24. The van der Waals surface area contributed by atoms with Crippen LogP contribution in [0.1, 0.15) is 25.8 Å². The molecule has 0 saturated carbocycles. The summed E-state index contributed by atoms with van der Waals surface area (Å²) in [5.41, 5.74) is 3.21. The molecule has 160 valence electrons. The van der Waals surface area contributed by atoms with Gasteiger partial charge < -0.3 is 15.4 Å². The van der Waals surface area contributed by atoms with E-state index in [9.17, 15) is 4.79 Å². The number of ether oxygens (including phenoxy) is 1. The number of thioether (sulfide) groups is 1. The second-order valence-corrected chi connectivity index (χ2v) is 9.33. The average Bonchev–Trinajstić information content (AvgIpc) is 3.42. The van der Waals surface area contributed by atoms with Crippen molar-refractivity contribution in [1.82, 2.24) is 15.2 Å². The minimum Gasteiger partial charge on any atom is -0.382 e. The number of hydrogen-bond donors (Lipinski definition) is 2. The van der Waals surface area contributed by atoms with Gasteiger partial charge in [-0.2, -0.15) is 0 Å². The highest BCUT2D eigenvalue weighted by Crippen LogP contribution is 2.27. The van der Waals surface area contributed by atoms with Gasteiger partial charge in [0.25, 0.3) is 0 Å². The standard InChI is InChI=1S/C20H25N5O2S3/c1-3-14-6-8-15(9-7-14)16-12-28-19(22-16)23-17(26)13-29-20-25-24-18(30-20)21-10-5-11-27-4-2/h6-9,12H,3-5,10-11,13H2,1-2H3,(H,21,24)(H,22,23,26). The van der Waals surface area contributed by atoms with E-state index in [1.807, 2.05) is 12.3 Å². The van der Waals surface area contributed by atoms with E-state index >= 15 is 0 Å². The molecule has 0 radical (unpaired) electrons. The number of thiazole rings is 1. The summed E-state index contributed by atoms with van der Waals surface area (Å²) in [6.07, 6.45) is 1.92. The maximum atomic E-state index is 12.3. The molecule has 0 aliphatic heterocycles. The van der Waals surface area contributed by atoms with Gasteiger partial charge in [0.15, 0.2) is 9.47 Å². The molecule has 0 bridgehead atoms. The summed E-state index contributed by atoms with van der Waals surface area (Å²) in [6, 6.07) is 8.34. The van der Waals surface area contributed by atoms with Gasteiger partial charge in [0.2, 0.25) is 11.0 Å². The summed E-state index contributed by atoms with van der Waals surface area (Å²) in [5, 5.41) is 17.6. The topological polar surface area (TPSA) is 89.0 Å². The first-order valence-corrected chi connectivity index (χ1v) is 12.5. The number of benzene rings is 1. The zero-order valence-corrected chi connectivity index (χ0v) is 19.5. The lowest BCUT2D eigenvalue weighted by atomic mass is 10.1. The quantitative estimate of drug-likeness (QED) is 0.295. The van der Waals surface area contributed by atoms with Crippen molar-refractivity contribution in [3.63, 3.8) is 0 Å². The third-order valence-corrected chi connectivity index (χ3v) is 6.86. The lowest BCUT2D eigenvalue weighted by Crippen LogP contribution is -2.13. The lowest BCUT2D eigenvalue weighted by molar-refractivity contribution is -0.113. The fraction of sp³-hybridized carbons (Fsp3) is 0.400. The van der Waals surface area contributed by atoms with Crippen molar-refractivity contribution >= 4 is 50.6 Å². The highest BCUT2D eigenvalue weighted by molar-refractivity contribution is 8.01. The summed E-state index contributed by atoms with van der Waals surface area (Å²) in [4.78, 5) is 16.8. The van der Waals surface area contributed by atoms with Crippen molar-refractivity contribution in [2.24, 2.45) is 0 Å². The largest absolute Gasteiger partial charge is 0.382 e. The van der Waals surface area contributed by atoms with Crippen LogP contribution in [0, 0.1) is 0 Å². The molecule has 0 spiro atoms. The number of hydrogen-bond acceptors (Lipinski definition) is 9. The minimum atomic E-state index is -0.108. The predicted octanol–water partition coefficient (Wildman–Crippen LogP) is 4.79. The molecule has 0 saturated heterocycles. The number of aromatic nitrogens is 3. The average molecular weight is 464 g/mol. The van der Waals surface area contributed by atoms with E-state index in [4.69, 9.17) is 4.74 Å². The number of rotatable bonds is 12. The van der Waals surface area contributed by atoms with Gasteiger partial charge in [-0.1, -0.05) is 54.3 Å². The van der Waals surface area contributed by atoms with Crippen LogP contribution in [-0.4, -0.2) is 46.6 Å². The fourth-order valence-corrected chi connectivity index (χ4v) is 4.82. The molecule has 2 N–H and O–H groups in total. The fourth-order valence-electron chi connectivity index (χ4n) is 2.51. The SMILES string of the molecule is CCOCCCNc1nnc(SCC(=O)Nc2nc(-c3ccc(CC)cc3)cs2)s1. The van der Waals surface area contributed by atoms with Crippen LogP contribution in [0.2, 0.25) is 0 Å².